The molecule has 1 unspecified atom stereocenters. The van der Waals surface area contributed by atoms with E-state index in [9.17, 15) is 14.4 Å². The van der Waals surface area contributed by atoms with Crippen LogP contribution in [0.2, 0.25) is 5.02 Å². The van der Waals surface area contributed by atoms with Crippen molar-refractivity contribution in [2.75, 3.05) is 10.6 Å². The van der Waals surface area contributed by atoms with Gasteiger partial charge in [0.1, 0.15) is 6.04 Å². The third-order valence-corrected chi connectivity index (χ3v) is 3.55. The number of rotatable bonds is 5. The van der Waals surface area contributed by atoms with Gasteiger partial charge in [-0.1, -0.05) is 17.7 Å². The van der Waals surface area contributed by atoms with Crippen LogP contribution in [0, 0.1) is 0 Å². The fourth-order valence-corrected chi connectivity index (χ4v) is 2.20. The second-order valence-electron chi connectivity index (χ2n) is 5.45. The smallest absolute Gasteiger partial charge is 0.251 e. The molecule has 0 saturated carbocycles. The minimum Gasteiger partial charge on any atom is -0.341 e. The number of carbonyl (C=O) groups excluding carboxylic acids is 3. The lowest BCUT2D eigenvalue weighted by atomic mass is 10.2. The van der Waals surface area contributed by atoms with Gasteiger partial charge in [0.15, 0.2) is 0 Å². The Hall–Kier alpha value is -2.86. The summed E-state index contributed by atoms with van der Waals surface area (Å²) in [5, 5.41) is 8.48. The van der Waals surface area contributed by atoms with E-state index >= 15 is 0 Å². The molecule has 2 aromatic rings. The highest BCUT2D eigenvalue weighted by Crippen LogP contribution is 2.15. The molecular weight excluding hydrogens is 342 g/mol. The van der Waals surface area contributed by atoms with E-state index in [2.05, 4.69) is 16.0 Å². The molecule has 25 heavy (non-hydrogen) atoms. The van der Waals surface area contributed by atoms with Crippen molar-refractivity contribution in [3.63, 3.8) is 0 Å². The lowest BCUT2D eigenvalue weighted by Gasteiger charge is -2.15. The van der Waals surface area contributed by atoms with Gasteiger partial charge in [-0.25, -0.2) is 0 Å². The maximum atomic E-state index is 12.2. The van der Waals surface area contributed by atoms with Crippen LogP contribution in [-0.4, -0.2) is 23.8 Å². The SMILES string of the molecule is CC(=O)Nc1cccc(NC(=O)C(C)NC(=O)c2ccc(Cl)cc2)c1. The number of anilines is 2. The van der Waals surface area contributed by atoms with Gasteiger partial charge in [0.05, 0.1) is 0 Å². The van der Waals surface area contributed by atoms with E-state index in [4.69, 9.17) is 11.6 Å². The number of nitrogens with one attached hydrogen (secondary N) is 3. The maximum absolute atomic E-state index is 12.2. The summed E-state index contributed by atoms with van der Waals surface area (Å²) in [4.78, 5) is 35.4. The van der Waals surface area contributed by atoms with E-state index in [0.717, 1.165) is 0 Å². The first-order valence-electron chi connectivity index (χ1n) is 7.60. The van der Waals surface area contributed by atoms with Crippen LogP contribution in [0.25, 0.3) is 0 Å². The Morgan fingerprint density at radius 3 is 2.16 bits per heavy atom. The van der Waals surface area contributed by atoms with Crippen molar-refractivity contribution >= 4 is 40.7 Å². The zero-order valence-electron chi connectivity index (χ0n) is 13.8. The van der Waals surface area contributed by atoms with E-state index in [-0.39, 0.29) is 17.7 Å². The molecule has 0 aliphatic rings. The maximum Gasteiger partial charge on any atom is 0.251 e. The molecule has 0 spiro atoms. The summed E-state index contributed by atoms with van der Waals surface area (Å²) in [6, 6.07) is 12.4. The molecule has 0 radical (unpaired) electrons. The van der Waals surface area contributed by atoms with E-state index in [0.29, 0.717) is 22.0 Å². The predicted molar refractivity (Wildman–Crippen MR) is 97.8 cm³/mol. The first kappa shape index (κ1) is 18.5. The summed E-state index contributed by atoms with van der Waals surface area (Å²) in [5.74, 6) is -0.944. The number of hydrogen-bond donors (Lipinski definition) is 3. The second-order valence-corrected chi connectivity index (χ2v) is 5.89. The lowest BCUT2D eigenvalue weighted by Crippen LogP contribution is -2.41. The largest absolute Gasteiger partial charge is 0.341 e. The Kier molecular flexibility index (Phi) is 6.14. The molecule has 2 rings (SSSR count). The molecule has 130 valence electrons. The van der Waals surface area contributed by atoms with E-state index in [1.54, 1.807) is 55.5 Å². The summed E-state index contributed by atoms with van der Waals surface area (Å²) < 4.78 is 0. The van der Waals surface area contributed by atoms with Crippen LogP contribution < -0.4 is 16.0 Å². The van der Waals surface area contributed by atoms with Gasteiger partial charge in [-0.05, 0) is 49.4 Å². The zero-order valence-corrected chi connectivity index (χ0v) is 14.6. The van der Waals surface area contributed by atoms with E-state index in [1.807, 2.05) is 0 Å². The number of halogens is 1. The minimum atomic E-state index is -0.743. The van der Waals surface area contributed by atoms with Gasteiger partial charge in [-0.2, -0.15) is 0 Å². The summed E-state index contributed by atoms with van der Waals surface area (Å²) >= 11 is 5.79. The molecule has 0 saturated heterocycles. The Balaban J connectivity index is 1.97. The fourth-order valence-electron chi connectivity index (χ4n) is 2.08. The summed E-state index contributed by atoms with van der Waals surface area (Å²) in [5.41, 5.74) is 1.50. The third-order valence-electron chi connectivity index (χ3n) is 3.30. The first-order chi connectivity index (χ1) is 11.8. The van der Waals surface area contributed by atoms with Gasteiger partial charge >= 0.3 is 0 Å². The van der Waals surface area contributed by atoms with Crippen molar-refractivity contribution in [3.05, 3.63) is 59.1 Å². The van der Waals surface area contributed by atoms with Crippen molar-refractivity contribution in [2.24, 2.45) is 0 Å². The standard InChI is InChI=1S/C18H18ClN3O3/c1-11(20-18(25)13-6-8-14(19)9-7-13)17(24)22-16-5-3-4-15(10-16)21-12(2)23/h3-11H,1-2H3,(H,20,25)(H,21,23)(H,22,24). The molecular formula is C18H18ClN3O3. The molecule has 6 nitrogen and oxygen atoms in total. The quantitative estimate of drug-likeness (QED) is 0.766. The lowest BCUT2D eigenvalue weighted by molar-refractivity contribution is -0.117. The molecule has 7 heteroatoms. The van der Waals surface area contributed by atoms with Crippen molar-refractivity contribution in [1.82, 2.24) is 5.32 Å². The second kappa shape index (κ2) is 8.30. The first-order valence-corrected chi connectivity index (χ1v) is 7.98. The van der Waals surface area contributed by atoms with Crippen LogP contribution in [0.15, 0.2) is 48.5 Å². The number of amides is 3. The van der Waals surface area contributed by atoms with Gasteiger partial charge in [0, 0.05) is 28.9 Å². The minimum absolute atomic E-state index is 0.202. The topological polar surface area (TPSA) is 87.3 Å². The Morgan fingerprint density at radius 1 is 0.960 bits per heavy atom. The Morgan fingerprint density at radius 2 is 1.56 bits per heavy atom. The van der Waals surface area contributed by atoms with Crippen molar-refractivity contribution in [3.8, 4) is 0 Å². The highest BCUT2D eigenvalue weighted by atomic mass is 35.5. The van der Waals surface area contributed by atoms with Crippen LogP contribution in [0.4, 0.5) is 11.4 Å². The summed E-state index contributed by atoms with van der Waals surface area (Å²) in [6.45, 7) is 2.99. The van der Waals surface area contributed by atoms with Crippen LogP contribution in [-0.2, 0) is 9.59 Å². The third kappa shape index (κ3) is 5.61. The van der Waals surface area contributed by atoms with Gasteiger partial charge < -0.3 is 16.0 Å². The van der Waals surface area contributed by atoms with Gasteiger partial charge in [-0.15, -0.1) is 0 Å². The van der Waals surface area contributed by atoms with Crippen LogP contribution in [0.1, 0.15) is 24.2 Å². The molecule has 1 atom stereocenters. The molecule has 0 fully saturated rings. The average Bonchev–Trinajstić information content (AvgIpc) is 2.55. The molecule has 0 bridgehead atoms. The normalized spacial score (nSPS) is 11.3. The summed E-state index contributed by atoms with van der Waals surface area (Å²) in [7, 11) is 0. The van der Waals surface area contributed by atoms with Gasteiger partial charge in [0.2, 0.25) is 11.8 Å². The summed E-state index contributed by atoms with van der Waals surface area (Å²) in [6.07, 6.45) is 0. The van der Waals surface area contributed by atoms with Crippen molar-refractivity contribution < 1.29 is 14.4 Å². The highest BCUT2D eigenvalue weighted by molar-refractivity contribution is 6.30. The zero-order chi connectivity index (χ0) is 18.4. The number of carbonyl (C=O) groups is 3. The molecule has 0 aromatic heterocycles. The van der Waals surface area contributed by atoms with E-state index < -0.39 is 6.04 Å². The molecule has 3 amide bonds. The monoisotopic (exact) mass is 359 g/mol. The van der Waals surface area contributed by atoms with Crippen molar-refractivity contribution in [2.45, 2.75) is 19.9 Å². The number of hydrogen-bond acceptors (Lipinski definition) is 3. The average molecular weight is 360 g/mol. The van der Waals surface area contributed by atoms with E-state index in [1.165, 1.54) is 6.92 Å². The van der Waals surface area contributed by atoms with Crippen LogP contribution in [0.3, 0.4) is 0 Å². The molecule has 0 aliphatic carbocycles. The fraction of sp³-hybridized carbons (Fsp3) is 0.167. The Labute approximate surface area is 150 Å². The molecule has 3 N–H and O–H groups in total. The predicted octanol–water partition coefficient (Wildman–Crippen LogP) is 3.06. The van der Waals surface area contributed by atoms with Crippen LogP contribution >= 0.6 is 11.6 Å². The van der Waals surface area contributed by atoms with Crippen molar-refractivity contribution in [1.29, 1.82) is 0 Å². The molecule has 2 aromatic carbocycles. The van der Waals surface area contributed by atoms with Gasteiger partial charge in [0.25, 0.3) is 5.91 Å². The van der Waals surface area contributed by atoms with Crippen LogP contribution in [0.5, 0.6) is 0 Å². The van der Waals surface area contributed by atoms with Gasteiger partial charge in [-0.3, -0.25) is 14.4 Å². The highest BCUT2D eigenvalue weighted by Gasteiger charge is 2.17. The number of benzene rings is 2. The molecule has 0 aliphatic heterocycles. The Bertz CT molecular complexity index is 790. The molecule has 0 heterocycles.